The molecule has 0 fully saturated rings. The van der Waals surface area contributed by atoms with E-state index in [1.807, 2.05) is 54.6 Å². The van der Waals surface area contributed by atoms with Crippen molar-refractivity contribution in [1.82, 2.24) is 0 Å². The summed E-state index contributed by atoms with van der Waals surface area (Å²) in [6.07, 6.45) is 1.75. The molecule has 0 unspecified atom stereocenters. The average Bonchev–Trinajstić information content (AvgIpc) is 3.09. The number of amidine groups is 1. The molecule has 7 heteroatoms. The van der Waals surface area contributed by atoms with Crippen molar-refractivity contribution in [3.05, 3.63) is 100 Å². The molecule has 0 N–H and O–H groups in total. The Morgan fingerprint density at radius 3 is 2.42 bits per heavy atom. The van der Waals surface area contributed by atoms with Crippen LogP contribution in [-0.2, 0) is 4.79 Å². The maximum Gasteiger partial charge on any atom is 0.283 e. The number of carbonyl (C=O) groups is 1. The maximum atomic E-state index is 13.4. The molecule has 0 spiro atoms. The molecule has 1 amide bonds. The van der Waals surface area contributed by atoms with Crippen LogP contribution in [0.5, 0.6) is 5.75 Å². The third kappa shape index (κ3) is 5.42. The molecule has 1 aliphatic rings. The summed E-state index contributed by atoms with van der Waals surface area (Å²) in [7, 11) is 0. The summed E-state index contributed by atoms with van der Waals surface area (Å²) in [5.74, 6) is 0.767. The third-order valence-corrected chi connectivity index (χ3v) is 5.85. The van der Waals surface area contributed by atoms with Crippen molar-refractivity contribution in [3.8, 4) is 5.75 Å². The largest absolute Gasteiger partial charge is 0.493 e. The third-order valence-electron chi connectivity index (χ3n) is 4.41. The molecule has 0 atom stereocenters. The quantitative estimate of drug-likeness (QED) is 0.303. The highest BCUT2D eigenvalue weighted by molar-refractivity contribution is 9.10. The van der Waals surface area contributed by atoms with E-state index in [0.29, 0.717) is 28.9 Å². The van der Waals surface area contributed by atoms with E-state index in [-0.39, 0.29) is 11.7 Å². The number of aliphatic imine (C=N–C) groups is 1. The molecule has 3 aromatic carbocycles. The standard InChI is InChI=1S/C24H18BrFN2O2S/c25-18-6-12-21(13-7-18)30-14-15-31-24-27-22(16-17-4-2-1-3-5-17)23(29)28(24)20-10-8-19(26)9-11-20/h1-13,16H,14-15H2. The van der Waals surface area contributed by atoms with Gasteiger partial charge in [-0.3, -0.25) is 9.69 Å². The number of halogens is 2. The lowest BCUT2D eigenvalue weighted by molar-refractivity contribution is -0.113. The molecule has 3 aromatic rings. The molecule has 4 nitrogen and oxygen atoms in total. The number of hydrogen-bond donors (Lipinski definition) is 0. The van der Waals surface area contributed by atoms with Crippen LogP contribution in [0.2, 0.25) is 0 Å². The number of thioether (sulfide) groups is 1. The van der Waals surface area contributed by atoms with Crippen LogP contribution >= 0.6 is 27.7 Å². The van der Waals surface area contributed by atoms with Crippen LogP contribution in [0.4, 0.5) is 10.1 Å². The molecule has 4 rings (SSSR count). The zero-order valence-corrected chi connectivity index (χ0v) is 18.8. The number of anilines is 1. The van der Waals surface area contributed by atoms with Crippen molar-refractivity contribution in [2.24, 2.45) is 4.99 Å². The van der Waals surface area contributed by atoms with E-state index in [9.17, 15) is 9.18 Å². The summed E-state index contributed by atoms with van der Waals surface area (Å²) in [6.45, 7) is 0.453. The first-order chi connectivity index (χ1) is 15.1. The van der Waals surface area contributed by atoms with E-state index in [1.54, 1.807) is 18.2 Å². The Morgan fingerprint density at radius 1 is 1.00 bits per heavy atom. The summed E-state index contributed by atoms with van der Waals surface area (Å²) in [6, 6.07) is 23.0. The first-order valence-corrected chi connectivity index (χ1v) is 11.3. The van der Waals surface area contributed by atoms with Gasteiger partial charge in [-0.15, -0.1) is 0 Å². The smallest absolute Gasteiger partial charge is 0.283 e. The van der Waals surface area contributed by atoms with Crippen molar-refractivity contribution < 1.29 is 13.9 Å². The fraction of sp³-hybridized carbons (Fsp3) is 0.0833. The fourth-order valence-corrected chi connectivity index (χ4v) is 4.04. The minimum absolute atomic E-state index is 0.244. The Kier molecular flexibility index (Phi) is 6.84. The molecule has 31 heavy (non-hydrogen) atoms. The van der Waals surface area contributed by atoms with Crippen LogP contribution in [0, 0.1) is 5.82 Å². The molecular weight excluding hydrogens is 479 g/mol. The minimum Gasteiger partial charge on any atom is -0.493 e. The lowest BCUT2D eigenvalue weighted by atomic mass is 10.2. The summed E-state index contributed by atoms with van der Waals surface area (Å²) in [5, 5.41) is 0.540. The maximum absolute atomic E-state index is 13.4. The van der Waals surface area contributed by atoms with E-state index in [1.165, 1.54) is 28.8 Å². The zero-order chi connectivity index (χ0) is 21.6. The van der Waals surface area contributed by atoms with Crippen LogP contribution in [0.25, 0.3) is 6.08 Å². The molecule has 1 heterocycles. The van der Waals surface area contributed by atoms with Crippen molar-refractivity contribution in [2.45, 2.75) is 0 Å². The number of rotatable bonds is 6. The Balaban J connectivity index is 1.51. The van der Waals surface area contributed by atoms with Gasteiger partial charge in [0.15, 0.2) is 5.17 Å². The number of benzene rings is 3. The van der Waals surface area contributed by atoms with Crippen LogP contribution in [0.1, 0.15) is 5.56 Å². The summed E-state index contributed by atoms with van der Waals surface area (Å²) in [4.78, 5) is 19.2. The highest BCUT2D eigenvalue weighted by atomic mass is 79.9. The highest BCUT2D eigenvalue weighted by Crippen LogP contribution is 2.29. The van der Waals surface area contributed by atoms with Crippen molar-refractivity contribution >= 4 is 50.5 Å². The molecule has 0 aliphatic carbocycles. The molecular formula is C24H18BrFN2O2S. The van der Waals surface area contributed by atoms with Gasteiger partial charge in [-0.05, 0) is 60.2 Å². The van der Waals surface area contributed by atoms with E-state index in [4.69, 9.17) is 4.74 Å². The topological polar surface area (TPSA) is 41.9 Å². The fourth-order valence-electron chi connectivity index (χ4n) is 2.94. The zero-order valence-electron chi connectivity index (χ0n) is 16.4. The van der Waals surface area contributed by atoms with Crippen molar-refractivity contribution in [1.29, 1.82) is 0 Å². The Labute approximate surface area is 192 Å². The second-order valence-corrected chi connectivity index (χ2v) is 8.58. The Hall–Kier alpha value is -2.90. The molecule has 1 aliphatic heterocycles. The average molecular weight is 497 g/mol. The van der Waals surface area contributed by atoms with Gasteiger partial charge in [0.05, 0.1) is 12.3 Å². The van der Waals surface area contributed by atoms with Crippen LogP contribution in [-0.4, -0.2) is 23.4 Å². The van der Waals surface area contributed by atoms with Gasteiger partial charge >= 0.3 is 0 Å². The van der Waals surface area contributed by atoms with Gasteiger partial charge in [0.2, 0.25) is 0 Å². The lowest BCUT2D eigenvalue weighted by Gasteiger charge is -2.17. The number of carbonyl (C=O) groups excluding carboxylic acids is 1. The Bertz CT molecular complexity index is 1120. The molecule has 0 saturated heterocycles. The summed E-state index contributed by atoms with van der Waals surface area (Å²) < 4.78 is 20.1. The second kappa shape index (κ2) is 9.94. The number of nitrogens with zero attached hydrogens (tertiary/aromatic N) is 2. The summed E-state index contributed by atoms with van der Waals surface area (Å²) in [5.41, 5.74) is 1.80. The molecule has 156 valence electrons. The number of amides is 1. The van der Waals surface area contributed by atoms with Gasteiger partial charge in [0.25, 0.3) is 5.91 Å². The SMILES string of the molecule is O=C1C(=Cc2ccccc2)N=C(SCCOc2ccc(Br)cc2)N1c1ccc(F)cc1. The van der Waals surface area contributed by atoms with Crippen LogP contribution in [0.3, 0.4) is 0 Å². The van der Waals surface area contributed by atoms with Gasteiger partial charge in [0, 0.05) is 10.2 Å². The lowest BCUT2D eigenvalue weighted by Crippen LogP contribution is -2.30. The predicted octanol–water partition coefficient (Wildman–Crippen LogP) is 6.14. The van der Waals surface area contributed by atoms with Crippen molar-refractivity contribution in [2.75, 3.05) is 17.3 Å². The molecule has 0 bridgehead atoms. The summed E-state index contributed by atoms with van der Waals surface area (Å²) >= 11 is 4.82. The van der Waals surface area contributed by atoms with Gasteiger partial charge in [-0.2, -0.15) is 0 Å². The first-order valence-electron chi connectivity index (χ1n) is 9.57. The van der Waals surface area contributed by atoms with Crippen LogP contribution in [0.15, 0.2) is 94.0 Å². The van der Waals surface area contributed by atoms with Crippen LogP contribution < -0.4 is 9.64 Å². The minimum atomic E-state index is -0.357. The Morgan fingerprint density at radius 2 is 1.71 bits per heavy atom. The first kappa shape index (κ1) is 21.3. The van der Waals surface area contributed by atoms with E-state index >= 15 is 0 Å². The molecule has 0 saturated carbocycles. The number of ether oxygens (including phenoxy) is 1. The normalized spacial score (nSPS) is 14.8. The van der Waals surface area contributed by atoms with Crippen molar-refractivity contribution in [3.63, 3.8) is 0 Å². The van der Waals surface area contributed by atoms with Gasteiger partial charge in [-0.1, -0.05) is 58.0 Å². The van der Waals surface area contributed by atoms with Gasteiger partial charge in [-0.25, -0.2) is 9.38 Å². The molecule has 0 aromatic heterocycles. The van der Waals surface area contributed by atoms with Gasteiger partial charge < -0.3 is 4.74 Å². The molecule has 0 radical (unpaired) electrons. The number of hydrogen-bond acceptors (Lipinski definition) is 4. The van der Waals surface area contributed by atoms with E-state index in [2.05, 4.69) is 20.9 Å². The van der Waals surface area contributed by atoms with E-state index < -0.39 is 0 Å². The van der Waals surface area contributed by atoms with Gasteiger partial charge in [0.1, 0.15) is 17.3 Å². The highest BCUT2D eigenvalue weighted by Gasteiger charge is 2.31. The van der Waals surface area contributed by atoms with E-state index in [0.717, 1.165) is 15.8 Å². The second-order valence-electron chi connectivity index (χ2n) is 6.60. The predicted molar refractivity (Wildman–Crippen MR) is 128 cm³/mol. The monoisotopic (exact) mass is 496 g/mol.